The summed E-state index contributed by atoms with van der Waals surface area (Å²) in [5.74, 6) is 3.90. The van der Waals surface area contributed by atoms with Crippen molar-refractivity contribution in [3.8, 4) is 0 Å². The Morgan fingerprint density at radius 2 is 2.07 bits per heavy atom. The third-order valence-electron chi connectivity index (χ3n) is 5.27. The topological polar surface area (TPSA) is 66.5 Å². The highest BCUT2D eigenvalue weighted by atomic mass is 127. The van der Waals surface area contributed by atoms with Gasteiger partial charge in [0.1, 0.15) is 0 Å². The first-order valence-electron chi connectivity index (χ1n) is 9.91. The number of benzene rings is 1. The molecule has 1 aromatic heterocycles. The first kappa shape index (κ1) is 22.6. The number of halogens is 1. The fourth-order valence-corrected chi connectivity index (χ4v) is 3.75. The molecule has 1 aromatic carbocycles. The summed E-state index contributed by atoms with van der Waals surface area (Å²) in [6.45, 7) is 9.23. The Labute approximate surface area is 185 Å². The van der Waals surface area contributed by atoms with E-state index in [1.54, 1.807) is 0 Å². The summed E-state index contributed by atoms with van der Waals surface area (Å²) in [6, 6.07) is 10.9. The maximum Gasteiger partial charge on any atom is 0.228 e. The number of likely N-dealkylation sites (tertiary alicyclic amines) is 1. The van der Waals surface area contributed by atoms with Gasteiger partial charge in [0.15, 0.2) is 11.8 Å². The first-order valence-corrected chi connectivity index (χ1v) is 9.91. The van der Waals surface area contributed by atoms with Gasteiger partial charge < -0.3 is 14.7 Å². The molecule has 0 spiro atoms. The molecule has 0 aliphatic carbocycles. The summed E-state index contributed by atoms with van der Waals surface area (Å²) in [5, 5.41) is 7.47. The Morgan fingerprint density at radius 1 is 1.32 bits per heavy atom. The van der Waals surface area contributed by atoms with Crippen molar-refractivity contribution in [3.63, 3.8) is 0 Å². The third-order valence-corrected chi connectivity index (χ3v) is 5.27. The molecule has 0 radical (unpaired) electrons. The van der Waals surface area contributed by atoms with Gasteiger partial charge in [-0.15, -0.1) is 24.0 Å². The molecular weight excluding hydrogens is 465 g/mol. The Kier molecular flexibility index (Phi) is 8.72. The number of rotatable bonds is 5. The monoisotopic (exact) mass is 497 g/mol. The van der Waals surface area contributed by atoms with Crippen LogP contribution >= 0.6 is 24.0 Å². The lowest BCUT2D eigenvalue weighted by atomic mass is 9.82. The van der Waals surface area contributed by atoms with Crippen molar-refractivity contribution in [2.45, 2.75) is 45.4 Å². The molecule has 1 aliphatic rings. The van der Waals surface area contributed by atoms with Crippen LogP contribution in [-0.2, 0) is 6.42 Å². The molecule has 28 heavy (non-hydrogen) atoms. The Hall–Kier alpha value is -1.64. The zero-order valence-electron chi connectivity index (χ0n) is 17.3. The molecule has 0 saturated carbocycles. The van der Waals surface area contributed by atoms with E-state index in [4.69, 9.17) is 4.52 Å². The summed E-state index contributed by atoms with van der Waals surface area (Å²) in [4.78, 5) is 11.3. The third kappa shape index (κ3) is 5.68. The number of hydrogen-bond acceptors (Lipinski definition) is 4. The molecule has 1 saturated heterocycles. The molecule has 0 bridgehead atoms. The normalized spacial score (nSPS) is 20.2. The Bertz CT molecular complexity index is 746. The zero-order chi connectivity index (χ0) is 19.2. The molecule has 2 atom stereocenters. The minimum atomic E-state index is 0. The van der Waals surface area contributed by atoms with E-state index in [9.17, 15) is 0 Å². The molecule has 2 heterocycles. The highest BCUT2D eigenvalue weighted by molar-refractivity contribution is 14.0. The quantitative estimate of drug-likeness (QED) is 0.384. The number of hydrogen-bond donors (Lipinski definition) is 1. The van der Waals surface area contributed by atoms with Crippen LogP contribution in [0.4, 0.5) is 0 Å². The highest BCUT2D eigenvalue weighted by Gasteiger charge is 2.28. The second-order valence-electron chi connectivity index (χ2n) is 7.65. The van der Waals surface area contributed by atoms with Crippen molar-refractivity contribution in [3.05, 3.63) is 47.6 Å². The van der Waals surface area contributed by atoms with Gasteiger partial charge in [0.25, 0.3) is 0 Å². The van der Waals surface area contributed by atoms with Crippen LogP contribution in [0.2, 0.25) is 0 Å². The molecule has 1 aliphatic heterocycles. The minimum absolute atomic E-state index is 0. The fraction of sp³-hybridized carbons (Fsp3) is 0.571. The van der Waals surface area contributed by atoms with Gasteiger partial charge in [-0.05, 0) is 23.8 Å². The number of aromatic nitrogens is 2. The van der Waals surface area contributed by atoms with E-state index in [0.29, 0.717) is 24.1 Å². The van der Waals surface area contributed by atoms with Crippen molar-refractivity contribution >= 4 is 29.9 Å². The minimum Gasteiger partial charge on any atom is -0.356 e. The molecule has 2 aromatic rings. The first-order chi connectivity index (χ1) is 13.1. The second-order valence-corrected chi connectivity index (χ2v) is 7.65. The van der Waals surface area contributed by atoms with Gasteiger partial charge in [0.05, 0.1) is 0 Å². The molecule has 6 nitrogen and oxygen atoms in total. The number of nitrogens with one attached hydrogen (secondary N) is 1. The molecule has 7 heteroatoms. The van der Waals surface area contributed by atoms with Crippen LogP contribution in [0.1, 0.15) is 56.3 Å². The van der Waals surface area contributed by atoms with Crippen molar-refractivity contribution in [2.24, 2.45) is 10.9 Å². The van der Waals surface area contributed by atoms with Crippen LogP contribution in [0.3, 0.4) is 0 Å². The number of piperidine rings is 1. The number of guanidine groups is 1. The SMILES string of the molecule is CN=C(NCCc1nc(C(C)C)no1)N1CCC(c2ccccc2)C(C)C1.I. The van der Waals surface area contributed by atoms with Crippen molar-refractivity contribution in [2.75, 3.05) is 26.7 Å². The Balaban J connectivity index is 0.00000280. The molecule has 1 N–H and O–H groups in total. The summed E-state index contributed by atoms with van der Waals surface area (Å²) >= 11 is 0. The Morgan fingerprint density at radius 3 is 2.68 bits per heavy atom. The summed E-state index contributed by atoms with van der Waals surface area (Å²) in [7, 11) is 1.85. The molecule has 2 unspecified atom stereocenters. The van der Waals surface area contributed by atoms with Crippen LogP contribution < -0.4 is 5.32 Å². The number of nitrogens with zero attached hydrogens (tertiary/aromatic N) is 4. The lowest BCUT2D eigenvalue weighted by Gasteiger charge is -2.38. The van der Waals surface area contributed by atoms with E-state index in [1.165, 1.54) is 5.56 Å². The number of aliphatic imine (C=N–C) groups is 1. The van der Waals surface area contributed by atoms with Crippen LogP contribution in [-0.4, -0.2) is 47.7 Å². The maximum atomic E-state index is 5.31. The summed E-state index contributed by atoms with van der Waals surface area (Å²) < 4.78 is 5.31. The molecule has 154 valence electrons. The highest BCUT2D eigenvalue weighted by Crippen LogP contribution is 2.32. The molecule has 0 amide bonds. The summed E-state index contributed by atoms with van der Waals surface area (Å²) in [6.07, 6.45) is 1.85. The van der Waals surface area contributed by atoms with Crippen LogP contribution in [0, 0.1) is 5.92 Å². The van der Waals surface area contributed by atoms with Gasteiger partial charge in [-0.1, -0.05) is 56.3 Å². The van der Waals surface area contributed by atoms with E-state index < -0.39 is 0 Å². The standard InChI is InChI=1S/C21H31N5O.HI/c1-15(2)20-24-19(27-25-20)10-12-23-21(22-4)26-13-11-18(16(3)14-26)17-8-6-5-7-9-17;/h5-9,15-16,18H,10-14H2,1-4H3,(H,22,23);1H. The van der Waals surface area contributed by atoms with E-state index >= 15 is 0 Å². The van der Waals surface area contributed by atoms with Crippen molar-refractivity contribution in [1.82, 2.24) is 20.4 Å². The predicted molar refractivity (Wildman–Crippen MR) is 123 cm³/mol. The van der Waals surface area contributed by atoms with E-state index in [2.05, 4.69) is 76.5 Å². The van der Waals surface area contributed by atoms with Crippen molar-refractivity contribution < 1.29 is 4.52 Å². The zero-order valence-corrected chi connectivity index (χ0v) is 19.6. The van der Waals surface area contributed by atoms with E-state index in [1.807, 2.05) is 7.05 Å². The van der Waals surface area contributed by atoms with Gasteiger partial charge >= 0.3 is 0 Å². The van der Waals surface area contributed by atoms with E-state index in [0.717, 1.165) is 37.8 Å². The average Bonchev–Trinajstić information content (AvgIpc) is 3.15. The summed E-state index contributed by atoms with van der Waals surface area (Å²) in [5.41, 5.74) is 1.45. The predicted octanol–water partition coefficient (Wildman–Crippen LogP) is 4.05. The van der Waals surface area contributed by atoms with Crippen molar-refractivity contribution in [1.29, 1.82) is 0 Å². The molecular formula is C21H32IN5O. The molecule has 3 rings (SSSR count). The average molecular weight is 497 g/mol. The maximum absolute atomic E-state index is 5.31. The van der Waals surface area contributed by atoms with Gasteiger partial charge in [-0.2, -0.15) is 4.98 Å². The smallest absolute Gasteiger partial charge is 0.228 e. The largest absolute Gasteiger partial charge is 0.356 e. The van der Waals surface area contributed by atoms with Crippen LogP contribution in [0.15, 0.2) is 39.8 Å². The van der Waals surface area contributed by atoms with Crippen LogP contribution in [0.25, 0.3) is 0 Å². The van der Waals surface area contributed by atoms with Gasteiger partial charge in [-0.25, -0.2) is 0 Å². The lowest BCUT2D eigenvalue weighted by molar-refractivity contribution is 0.234. The van der Waals surface area contributed by atoms with Gasteiger partial charge in [0, 0.05) is 39.0 Å². The molecule has 1 fully saturated rings. The second kappa shape index (κ2) is 10.8. The lowest BCUT2D eigenvalue weighted by Crippen LogP contribution is -2.48. The van der Waals surface area contributed by atoms with Crippen LogP contribution in [0.5, 0.6) is 0 Å². The van der Waals surface area contributed by atoms with Gasteiger partial charge in [0.2, 0.25) is 5.89 Å². The van der Waals surface area contributed by atoms with E-state index in [-0.39, 0.29) is 29.9 Å². The van der Waals surface area contributed by atoms with Gasteiger partial charge in [-0.3, -0.25) is 4.99 Å². The fourth-order valence-electron chi connectivity index (χ4n) is 3.75.